The van der Waals surface area contributed by atoms with Crippen LogP contribution in [0.25, 0.3) is 0 Å². The van der Waals surface area contributed by atoms with E-state index in [0.717, 1.165) is 0 Å². The Balaban J connectivity index is 4.04. The lowest BCUT2D eigenvalue weighted by molar-refractivity contribution is -0.141. The molecule has 10 heteroatoms. The maximum Gasteiger partial charge on any atom is 0.325 e. The number of hydrogen-bond acceptors (Lipinski definition) is 8. The second-order valence-electron chi connectivity index (χ2n) is 4.06. The van der Waals surface area contributed by atoms with E-state index in [1.165, 1.54) is 35.8 Å². The van der Waals surface area contributed by atoms with Crippen LogP contribution in [-0.4, -0.2) is 61.6 Å². The van der Waals surface area contributed by atoms with Gasteiger partial charge in [0.2, 0.25) is 11.8 Å². The molecule has 0 bridgehead atoms. The van der Waals surface area contributed by atoms with Crippen LogP contribution in [0.4, 0.5) is 0 Å². The van der Waals surface area contributed by atoms with Gasteiger partial charge in [0.15, 0.2) is 0 Å². The van der Waals surface area contributed by atoms with Gasteiger partial charge >= 0.3 is 11.9 Å². The number of methoxy groups -OCH3 is 2. The van der Waals surface area contributed by atoms with Crippen molar-refractivity contribution in [3.8, 4) is 0 Å². The second-order valence-corrected chi connectivity index (χ2v) is 7.02. The van der Waals surface area contributed by atoms with Crippen molar-refractivity contribution in [1.29, 1.82) is 0 Å². The van der Waals surface area contributed by atoms with E-state index in [2.05, 4.69) is 20.1 Å². The third-order valence-corrected chi connectivity index (χ3v) is 5.53. The third kappa shape index (κ3) is 8.78. The number of carbonyl (C=O) groups excluding carboxylic acids is 4. The molecule has 2 N–H and O–H groups in total. The van der Waals surface area contributed by atoms with Crippen LogP contribution >= 0.6 is 21.6 Å². The average molecular weight is 352 g/mol. The molecule has 8 nitrogen and oxygen atoms in total. The van der Waals surface area contributed by atoms with Crippen LogP contribution in [0.15, 0.2) is 0 Å². The van der Waals surface area contributed by atoms with Crippen LogP contribution in [0.3, 0.4) is 0 Å². The largest absolute Gasteiger partial charge is 0.468 e. The quantitative estimate of drug-likeness (QED) is 0.431. The van der Waals surface area contributed by atoms with E-state index < -0.39 is 22.4 Å². The Bertz CT molecular complexity index is 380. The molecule has 0 rings (SSSR count). The molecular weight excluding hydrogens is 332 g/mol. The number of ether oxygens (including phenoxy) is 2. The van der Waals surface area contributed by atoms with Crippen LogP contribution in [-0.2, 0) is 28.7 Å². The predicted octanol–water partition coefficient (Wildman–Crippen LogP) is -0.277. The van der Waals surface area contributed by atoms with Gasteiger partial charge in [-0.3, -0.25) is 19.2 Å². The van der Waals surface area contributed by atoms with Crippen LogP contribution in [0.1, 0.15) is 13.8 Å². The van der Waals surface area contributed by atoms with Crippen LogP contribution < -0.4 is 10.6 Å². The molecule has 0 aliphatic carbocycles. The van der Waals surface area contributed by atoms with E-state index in [-0.39, 0.29) is 24.9 Å². The van der Waals surface area contributed by atoms with Crippen molar-refractivity contribution < 1.29 is 28.7 Å². The van der Waals surface area contributed by atoms with Crippen molar-refractivity contribution in [2.75, 3.05) is 27.3 Å². The molecule has 0 radical (unpaired) electrons. The molecule has 0 aromatic carbocycles. The fraction of sp³-hybridized carbons (Fsp3) is 0.667. The molecule has 0 aliphatic rings. The maximum atomic E-state index is 11.7. The fourth-order valence-corrected chi connectivity index (χ4v) is 3.20. The van der Waals surface area contributed by atoms with Gasteiger partial charge in [-0.2, -0.15) is 0 Å². The van der Waals surface area contributed by atoms with Gasteiger partial charge in [0.25, 0.3) is 0 Å². The van der Waals surface area contributed by atoms with Crippen molar-refractivity contribution in [1.82, 2.24) is 10.6 Å². The maximum absolute atomic E-state index is 11.7. The summed E-state index contributed by atoms with van der Waals surface area (Å²) in [4.78, 5) is 45.2. The summed E-state index contributed by atoms with van der Waals surface area (Å²) in [6.07, 6.45) is 0. The summed E-state index contributed by atoms with van der Waals surface area (Å²) in [5, 5.41) is 3.94. The first kappa shape index (κ1) is 20.6. The van der Waals surface area contributed by atoms with Crippen molar-refractivity contribution >= 4 is 45.3 Å². The van der Waals surface area contributed by atoms with E-state index >= 15 is 0 Å². The smallest absolute Gasteiger partial charge is 0.325 e. The Hall–Kier alpha value is -1.42. The first-order valence-electron chi connectivity index (χ1n) is 6.33. The van der Waals surface area contributed by atoms with E-state index in [9.17, 15) is 19.2 Å². The summed E-state index contributed by atoms with van der Waals surface area (Å²) in [6, 6.07) is 0. The lowest BCUT2D eigenvalue weighted by Gasteiger charge is -2.14. The van der Waals surface area contributed by atoms with E-state index in [0.29, 0.717) is 0 Å². The Morgan fingerprint density at radius 1 is 0.818 bits per heavy atom. The van der Waals surface area contributed by atoms with Crippen molar-refractivity contribution in [2.45, 2.75) is 24.3 Å². The zero-order valence-electron chi connectivity index (χ0n) is 12.8. The monoisotopic (exact) mass is 352 g/mol. The first-order valence-corrected chi connectivity index (χ1v) is 8.60. The van der Waals surface area contributed by atoms with Crippen LogP contribution in [0.2, 0.25) is 0 Å². The molecule has 0 aromatic rings. The minimum Gasteiger partial charge on any atom is -0.468 e. The van der Waals surface area contributed by atoms with Crippen molar-refractivity contribution in [2.24, 2.45) is 0 Å². The summed E-state index contributed by atoms with van der Waals surface area (Å²) < 4.78 is 8.82. The molecule has 0 saturated heterocycles. The Morgan fingerprint density at radius 3 is 1.41 bits per heavy atom. The van der Waals surface area contributed by atoms with Gasteiger partial charge in [0.05, 0.1) is 24.7 Å². The Morgan fingerprint density at radius 2 is 1.14 bits per heavy atom. The standard InChI is InChI=1S/C12H20N2O6S2/c1-7(11(17)13-5-9(15)19-3)21-22-8(2)12(18)14-6-10(16)20-4/h7-8H,5-6H2,1-4H3,(H,13,17)(H,14,18). The summed E-state index contributed by atoms with van der Waals surface area (Å²) in [7, 11) is 4.86. The zero-order valence-corrected chi connectivity index (χ0v) is 14.5. The van der Waals surface area contributed by atoms with Crippen LogP contribution in [0.5, 0.6) is 0 Å². The summed E-state index contributed by atoms with van der Waals surface area (Å²) in [5.74, 6) is -1.72. The molecule has 2 unspecified atom stereocenters. The van der Waals surface area contributed by atoms with E-state index in [1.807, 2.05) is 0 Å². The number of nitrogens with one attached hydrogen (secondary N) is 2. The Labute approximate surface area is 136 Å². The highest BCUT2D eigenvalue weighted by atomic mass is 33.1. The number of carbonyl (C=O) groups is 4. The van der Waals surface area contributed by atoms with Gasteiger partial charge in [-0.1, -0.05) is 21.6 Å². The Kier molecular flexibility index (Phi) is 10.5. The normalized spacial score (nSPS) is 12.7. The number of hydrogen-bond donors (Lipinski definition) is 2. The molecule has 0 saturated carbocycles. The SMILES string of the molecule is COC(=O)CNC(=O)C(C)SSC(C)C(=O)NCC(=O)OC. The van der Waals surface area contributed by atoms with Gasteiger partial charge in [-0.05, 0) is 13.8 Å². The summed E-state index contributed by atoms with van der Waals surface area (Å²) >= 11 is 0. The minimum absolute atomic E-state index is 0.194. The number of esters is 2. The highest BCUT2D eigenvalue weighted by Gasteiger charge is 2.20. The third-order valence-electron chi connectivity index (χ3n) is 2.35. The lowest BCUT2D eigenvalue weighted by Crippen LogP contribution is -2.36. The molecule has 2 amide bonds. The van der Waals surface area contributed by atoms with Crippen molar-refractivity contribution in [3.63, 3.8) is 0 Å². The zero-order chi connectivity index (χ0) is 17.1. The lowest BCUT2D eigenvalue weighted by atomic mass is 10.4. The highest BCUT2D eigenvalue weighted by Crippen LogP contribution is 2.31. The molecule has 0 fully saturated rings. The molecule has 0 spiro atoms. The highest BCUT2D eigenvalue weighted by molar-refractivity contribution is 8.77. The summed E-state index contributed by atoms with van der Waals surface area (Å²) in [6.45, 7) is 2.92. The van der Waals surface area contributed by atoms with Gasteiger partial charge in [-0.15, -0.1) is 0 Å². The molecule has 126 valence electrons. The molecule has 0 aromatic heterocycles. The van der Waals surface area contributed by atoms with Gasteiger partial charge < -0.3 is 20.1 Å². The molecular formula is C12H20N2O6S2. The average Bonchev–Trinajstić information content (AvgIpc) is 2.53. The first-order chi connectivity index (χ1) is 10.3. The van der Waals surface area contributed by atoms with Gasteiger partial charge in [0.1, 0.15) is 13.1 Å². The minimum atomic E-state index is -0.534. The van der Waals surface area contributed by atoms with Crippen LogP contribution in [0, 0.1) is 0 Å². The number of amides is 2. The molecule has 0 aliphatic heterocycles. The molecule has 2 atom stereocenters. The molecule has 22 heavy (non-hydrogen) atoms. The topological polar surface area (TPSA) is 111 Å². The van der Waals surface area contributed by atoms with Gasteiger partial charge in [0, 0.05) is 0 Å². The van der Waals surface area contributed by atoms with Gasteiger partial charge in [-0.25, -0.2) is 0 Å². The van der Waals surface area contributed by atoms with E-state index in [4.69, 9.17) is 0 Å². The fourth-order valence-electron chi connectivity index (χ4n) is 1.00. The predicted molar refractivity (Wildman–Crippen MR) is 84.2 cm³/mol. The second kappa shape index (κ2) is 11.2. The number of rotatable bonds is 9. The van der Waals surface area contributed by atoms with Crippen molar-refractivity contribution in [3.05, 3.63) is 0 Å². The van der Waals surface area contributed by atoms with E-state index in [1.54, 1.807) is 13.8 Å². The summed E-state index contributed by atoms with van der Waals surface area (Å²) in [5.41, 5.74) is 0. The molecule has 0 heterocycles.